The van der Waals surface area contributed by atoms with Gasteiger partial charge in [-0.3, -0.25) is 9.59 Å². The summed E-state index contributed by atoms with van der Waals surface area (Å²) in [5.74, 6) is -0.769. The summed E-state index contributed by atoms with van der Waals surface area (Å²) in [5, 5.41) is 2.89. The number of ether oxygens (including phenoxy) is 1. The Labute approximate surface area is 122 Å². The first-order valence-electron chi connectivity index (χ1n) is 6.99. The quantitative estimate of drug-likeness (QED) is 0.904. The number of amides is 2. The van der Waals surface area contributed by atoms with Gasteiger partial charge in [0.1, 0.15) is 12.4 Å². The first-order valence-corrected chi connectivity index (χ1v) is 6.99. The van der Waals surface area contributed by atoms with Gasteiger partial charge >= 0.3 is 0 Å². The van der Waals surface area contributed by atoms with E-state index in [1.165, 1.54) is 17.0 Å². The lowest BCUT2D eigenvalue weighted by Crippen LogP contribution is -2.53. The Balaban J connectivity index is 1.86. The van der Waals surface area contributed by atoms with Crippen molar-refractivity contribution >= 4 is 11.8 Å². The molecule has 0 bridgehead atoms. The monoisotopic (exact) mass is 292 g/mol. The van der Waals surface area contributed by atoms with E-state index < -0.39 is 12.1 Å². The van der Waals surface area contributed by atoms with E-state index in [0.717, 1.165) is 12.8 Å². The second-order valence-corrected chi connectivity index (χ2v) is 5.52. The van der Waals surface area contributed by atoms with Crippen molar-refractivity contribution in [2.75, 3.05) is 13.7 Å². The number of hydrogen-bond acceptors (Lipinski definition) is 3. The molecule has 1 aromatic rings. The highest BCUT2D eigenvalue weighted by atomic mass is 19.1. The van der Waals surface area contributed by atoms with Gasteiger partial charge < -0.3 is 15.0 Å². The lowest BCUT2D eigenvalue weighted by molar-refractivity contribution is -0.162. The van der Waals surface area contributed by atoms with Gasteiger partial charge in [-0.1, -0.05) is 12.1 Å². The Hall–Kier alpha value is -1.95. The van der Waals surface area contributed by atoms with Crippen LogP contribution in [0.1, 0.15) is 24.4 Å². The molecule has 1 aliphatic heterocycles. The molecule has 0 aromatic heterocycles. The van der Waals surface area contributed by atoms with Crippen molar-refractivity contribution < 1.29 is 18.7 Å². The highest BCUT2D eigenvalue weighted by Gasteiger charge is 2.41. The van der Waals surface area contributed by atoms with E-state index in [4.69, 9.17) is 4.74 Å². The van der Waals surface area contributed by atoms with E-state index in [-0.39, 0.29) is 30.3 Å². The maximum atomic E-state index is 13.1. The number of rotatable bonds is 3. The first-order chi connectivity index (χ1) is 10.1. The Morgan fingerprint density at radius 3 is 2.62 bits per heavy atom. The fraction of sp³-hybridized carbons (Fsp3) is 0.467. The predicted octanol–water partition coefficient (Wildman–Crippen LogP) is 1.00. The topological polar surface area (TPSA) is 58.6 Å². The number of hydrogen-bond donors (Lipinski definition) is 1. The molecule has 6 heteroatoms. The molecule has 2 atom stereocenters. The minimum Gasteiger partial charge on any atom is -0.356 e. The Morgan fingerprint density at radius 1 is 1.33 bits per heavy atom. The Bertz CT molecular complexity index is 557. The van der Waals surface area contributed by atoms with Crippen LogP contribution >= 0.6 is 0 Å². The van der Waals surface area contributed by atoms with Crippen LogP contribution in [0, 0.1) is 5.82 Å². The predicted molar refractivity (Wildman–Crippen MR) is 72.8 cm³/mol. The summed E-state index contributed by atoms with van der Waals surface area (Å²) >= 11 is 0. The van der Waals surface area contributed by atoms with E-state index in [2.05, 4.69) is 5.32 Å². The van der Waals surface area contributed by atoms with E-state index in [9.17, 15) is 14.0 Å². The van der Waals surface area contributed by atoms with Gasteiger partial charge in [0, 0.05) is 13.1 Å². The van der Waals surface area contributed by atoms with Crippen molar-refractivity contribution in [3.8, 4) is 0 Å². The molecule has 21 heavy (non-hydrogen) atoms. The molecule has 1 heterocycles. The second-order valence-electron chi connectivity index (χ2n) is 5.52. The van der Waals surface area contributed by atoms with Crippen LogP contribution < -0.4 is 5.32 Å². The van der Waals surface area contributed by atoms with Gasteiger partial charge in [-0.15, -0.1) is 0 Å². The molecule has 1 aliphatic carbocycles. The highest BCUT2D eigenvalue weighted by molar-refractivity contribution is 5.86. The molecule has 1 aromatic carbocycles. The van der Waals surface area contributed by atoms with Crippen molar-refractivity contribution in [3.05, 3.63) is 35.6 Å². The number of nitrogens with one attached hydrogen (secondary N) is 1. The highest BCUT2D eigenvalue weighted by Crippen LogP contribution is 2.30. The summed E-state index contributed by atoms with van der Waals surface area (Å²) in [7, 11) is 1.64. The van der Waals surface area contributed by atoms with Crippen LogP contribution in [-0.4, -0.2) is 42.5 Å². The number of carbonyl (C=O) groups excluding carboxylic acids is 2. The molecule has 5 nitrogen and oxygen atoms in total. The zero-order chi connectivity index (χ0) is 15.0. The molecule has 2 aliphatic rings. The fourth-order valence-electron chi connectivity index (χ4n) is 2.50. The van der Waals surface area contributed by atoms with E-state index >= 15 is 0 Å². The third kappa shape index (κ3) is 2.90. The maximum Gasteiger partial charge on any atom is 0.251 e. The van der Waals surface area contributed by atoms with Gasteiger partial charge in [0.2, 0.25) is 5.91 Å². The van der Waals surface area contributed by atoms with Crippen molar-refractivity contribution in [3.63, 3.8) is 0 Å². The van der Waals surface area contributed by atoms with Crippen molar-refractivity contribution in [2.24, 2.45) is 0 Å². The minimum absolute atomic E-state index is 0.114. The smallest absolute Gasteiger partial charge is 0.251 e. The molecular formula is C15H17FN2O3. The van der Waals surface area contributed by atoms with Crippen LogP contribution in [0.3, 0.4) is 0 Å². The number of likely N-dealkylation sites (N-methyl/N-ethyl adjacent to an activating group) is 1. The van der Waals surface area contributed by atoms with Gasteiger partial charge in [0.05, 0.1) is 6.04 Å². The van der Waals surface area contributed by atoms with Crippen LogP contribution in [0.4, 0.5) is 4.39 Å². The minimum atomic E-state index is -0.765. The molecule has 1 N–H and O–H groups in total. The summed E-state index contributed by atoms with van der Waals surface area (Å²) < 4.78 is 18.5. The fourth-order valence-corrected chi connectivity index (χ4v) is 2.50. The average Bonchev–Trinajstić information content (AvgIpc) is 3.27. The number of nitrogens with zero attached hydrogens (tertiary/aromatic N) is 1. The van der Waals surface area contributed by atoms with Crippen molar-refractivity contribution in [2.45, 2.75) is 31.0 Å². The SMILES string of the molecule is CN1C(=O)CO[C@@H](C(=O)NC2CC2)[C@@H]1c1ccc(F)cc1. The average molecular weight is 292 g/mol. The molecular weight excluding hydrogens is 275 g/mol. The van der Waals surface area contributed by atoms with Crippen LogP contribution in [0.25, 0.3) is 0 Å². The van der Waals surface area contributed by atoms with Crippen LogP contribution in [-0.2, 0) is 14.3 Å². The summed E-state index contributed by atoms with van der Waals surface area (Å²) in [5.41, 5.74) is 0.683. The second kappa shape index (κ2) is 5.44. The number of carbonyl (C=O) groups is 2. The normalized spacial score (nSPS) is 25.8. The zero-order valence-electron chi connectivity index (χ0n) is 11.7. The summed E-state index contributed by atoms with van der Waals surface area (Å²) in [4.78, 5) is 25.6. The Kier molecular flexibility index (Phi) is 3.63. The molecule has 0 spiro atoms. The molecule has 2 amide bonds. The van der Waals surface area contributed by atoms with Gasteiger partial charge in [-0.2, -0.15) is 0 Å². The van der Waals surface area contributed by atoms with E-state index in [1.807, 2.05) is 0 Å². The number of halogens is 1. The lowest BCUT2D eigenvalue weighted by Gasteiger charge is -2.38. The maximum absolute atomic E-state index is 13.1. The van der Waals surface area contributed by atoms with Crippen molar-refractivity contribution in [1.29, 1.82) is 0 Å². The molecule has 112 valence electrons. The van der Waals surface area contributed by atoms with E-state index in [0.29, 0.717) is 5.56 Å². The molecule has 1 saturated carbocycles. The first kappa shape index (κ1) is 14.0. The molecule has 1 saturated heterocycles. The third-order valence-corrected chi connectivity index (χ3v) is 3.88. The lowest BCUT2D eigenvalue weighted by atomic mass is 9.97. The molecule has 3 rings (SSSR count). The zero-order valence-corrected chi connectivity index (χ0v) is 11.7. The number of benzene rings is 1. The van der Waals surface area contributed by atoms with Crippen LogP contribution in [0.15, 0.2) is 24.3 Å². The third-order valence-electron chi connectivity index (χ3n) is 3.88. The Morgan fingerprint density at radius 2 is 2.00 bits per heavy atom. The van der Waals surface area contributed by atoms with Gasteiger partial charge in [-0.05, 0) is 30.5 Å². The van der Waals surface area contributed by atoms with Gasteiger partial charge in [0.15, 0.2) is 6.10 Å². The largest absolute Gasteiger partial charge is 0.356 e. The number of morpholine rings is 1. The standard InChI is InChI=1S/C15H17FN2O3/c1-18-12(19)8-21-14(15(20)17-11-6-7-11)13(18)9-2-4-10(16)5-3-9/h2-5,11,13-14H,6-8H2,1H3,(H,17,20)/t13-,14+/m0/s1. The van der Waals surface area contributed by atoms with Gasteiger partial charge in [0.25, 0.3) is 5.91 Å². The summed E-state index contributed by atoms with van der Waals surface area (Å²) in [6, 6.07) is 5.48. The summed E-state index contributed by atoms with van der Waals surface area (Å²) in [6.07, 6.45) is 1.20. The molecule has 2 fully saturated rings. The van der Waals surface area contributed by atoms with Gasteiger partial charge in [-0.25, -0.2) is 4.39 Å². The van der Waals surface area contributed by atoms with Crippen LogP contribution in [0.5, 0.6) is 0 Å². The van der Waals surface area contributed by atoms with E-state index in [1.54, 1.807) is 19.2 Å². The van der Waals surface area contributed by atoms with Crippen molar-refractivity contribution in [1.82, 2.24) is 10.2 Å². The summed E-state index contributed by atoms with van der Waals surface area (Å²) in [6.45, 7) is -0.114. The van der Waals surface area contributed by atoms with Crippen LogP contribution in [0.2, 0.25) is 0 Å². The molecule has 0 unspecified atom stereocenters. The molecule has 0 radical (unpaired) electrons.